The fourth-order valence-electron chi connectivity index (χ4n) is 1.77. The monoisotopic (exact) mass is 284 g/mol. The van der Waals surface area contributed by atoms with Gasteiger partial charge in [0, 0.05) is 12.0 Å². The Kier molecular flexibility index (Phi) is 4.72. The molecule has 1 unspecified atom stereocenters. The summed E-state index contributed by atoms with van der Waals surface area (Å²) in [7, 11) is 0. The molecular weight excluding hydrogens is 268 g/mol. The zero-order chi connectivity index (χ0) is 15.2. The highest BCUT2D eigenvalue weighted by Gasteiger charge is 2.11. The predicted molar refractivity (Wildman–Crippen MR) is 76.2 cm³/mol. The molecule has 0 bridgehead atoms. The number of hydrogen-bond acceptors (Lipinski definition) is 5. The van der Waals surface area contributed by atoms with Crippen LogP contribution in [0.3, 0.4) is 0 Å². The van der Waals surface area contributed by atoms with Crippen molar-refractivity contribution >= 4 is 5.97 Å². The molecule has 0 spiro atoms. The number of oxazole rings is 1. The lowest BCUT2D eigenvalue weighted by Crippen LogP contribution is -2.13. The largest absolute Gasteiger partial charge is 0.447 e. The van der Waals surface area contributed by atoms with E-state index in [4.69, 9.17) is 14.4 Å². The molecule has 0 saturated carbocycles. The van der Waals surface area contributed by atoms with Gasteiger partial charge in [-0.05, 0) is 13.8 Å². The third-order valence-corrected chi connectivity index (χ3v) is 2.92. The topological polar surface area (TPSA) is 76.1 Å². The number of benzene rings is 1. The van der Waals surface area contributed by atoms with Crippen LogP contribution in [0.15, 0.2) is 34.9 Å². The van der Waals surface area contributed by atoms with Crippen molar-refractivity contribution in [3.05, 3.63) is 41.9 Å². The van der Waals surface area contributed by atoms with Crippen molar-refractivity contribution in [3.8, 4) is 17.4 Å². The minimum atomic E-state index is -0.731. The SMILES string of the molecule is Cc1ccc(-c2cnc(CCC(=O)OC(C)C#N)o2)cc1. The quantitative estimate of drug-likeness (QED) is 0.789. The standard InChI is InChI=1S/C16H16N2O3/c1-11-3-5-13(6-4-11)14-10-18-15(21-14)7-8-16(19)20-12(2)9-17/h3-6,10,12H,7-8H2,1-2H3. The summed E-state index contributed by atoms with van der Waals surface area (Å²) >= 11 is 0. The molecule has 2 rings (SSSR count). The number of aromatic nitrogens is 1. The van der Waals surface area contributed by atoms with Gasteiger partial charge in [0.15, 0.2) is 17.8 Å². The fourth-order valence-corrected chi connectivity index (χ4v) is 1.77. The summed E-state index contributed by atoms with van der Waals surface area (Å²) in [4.78, 5) is 15.6. The zero-order valence-corrected chi connectivity index (χ0v) is 12.0. The van der Waals surface area contributed by atoms with Gasteiger partial charge in [-0.2, -0.15) is 5.26 Å². The summed E-state index contributed by atoms with van der Waals surface area (Å²) < 4.78 is 10.5. The molecule has 1 aromatic heterocycles. The van der Waals surface area contributed by atoms with Crippen LogP contribution in [0, 0.1) is 18.3 Å². The molecule has 1 aromatic carbocycles. The fraction of sp³-hybridized carbons (Fsp3) is 0.312. The molecule has 0 radical (unpaired) electrons. The van der Waals surface area contributed by atoms with E-state index in [1.165, 1.54) is 12.5 Å². The molecule has 0 saturated heterocycles. The van der Waals surface area contributed by atoms with Crippen molar-refractivity contribution in [1.82, 2.24) is 4.98 Å². The van der Waals surface area contributed by atoms with Crippen molar-refractivity contribution in [2.24, 2.45) is 0 Å². The van der Waals surface area contributed by atoms with E-state index in [2.05, 4.69) is 4.98 Å². The first-order valence-electron chi connectivity index (χ1n) is 6.69. The molecular formula is C16H16N2O3. The molecule has 0 aliphatic carbocycles. The summed E-state index contributed by atoms with van der Waals surface area (Å²) in [5.74, 6) is 0.718. The number of aryl methyl sites for hydroxylation is 2. The molecule has 5 heteroatoms. The zero-order valence-electron chi connectivity index (χ0n) is 12.0. The Morgan fingerprint density at radius 3 is 2.81 bits per heavy atom. The Hall–Kier alpha value is -2.61. The molecule has 0 amide bonds. The number of hydrogen-bond donors (Lipinski definition) is 0. The summed E-state index contributed by atoms with van der Waals surface area (Å²) in [6.45, 7) is 3.54. The molecule has 1 atom stereocenters. The second-order valence-corrected chi connectivity index (χ2v) is 4.75. The highest BCUT2D eigenvalue weighted by atomic mass is 16.5. The van der Waals surface area contributed by atoms with Gasteiger partial charge in [0.1, 0.15) is 6.07 Å². The molecule has 0 fully saturated rings. The molecule has 1 heterocycles. The minimum absolute atomic E-state index is 0.139. The number of nitrogens with zero attached hydrogens (tertiary/aromatic N) is 2. The number of ether oxygens (including phenoxy) is 1. The number of carbonyl (C=O) groups excluding carboxylic acids is 1. The highest BCUT2D eigenvalue weighted by Crippen LogP contribution is 2.21. The van der Waals surface area contributed by atoms with Crippen LogP contribution in [0.2, 0.25) is 0 Å². The van der Waals surface area contributed by atoms with Gasteiger partial charge in [-0.15, -0.1) is 0 Å². The first kappa shape index (κ1) is 14.8. The van der Waals surface area contributed by atoms with E-state index >= 15 is 0 Å². The molecule has 5 nitrogen and oxygen atoms in total. The Labute approximate surface area is 123 Å². The van der Waals surface area contributed by atoms with Gasteiger partial charge in [0.2, 0.25) is 0 Å². The average molecular weight is 284 g/mol. The van der Waals surface area contributed by atoms with E-state index in [0.29, 0.717) is 18.1 Å². The van der Waals surface area contributed by atoms with Crippen LogP contribution in [0.1, 0.15) is 24.8 Å². The summed E-state index contributed by atoms with van der Waals surface area (Å²) in [5.41, 5.74) is 2.12. The summed E-state index contributed by atoms with van der Waals surface area (Å²) in [5, 5.41) is 8.56. The molecule has 108 valence electrons. The minimum Gasteiger partial charge on any atom is -0.447 e. The van der Waals surface area contributed by atoms with Crippen LogP contribution >= 0.6 is 0 Å². The van der Waals surface area contributed by atoms with Gasteiger partial charge in [0.05, 0.1) is 12.6 Å². The molecule has 0 N–H and O–H groups in total. The number of esters is 1. The first-order valence-corrected chi connectivity index (χ1v) is 6.69. The Morgan fingerprint density at radius 1 is 1.43 bits per heavy atom. The smallest absolute Gasteiger partial charge is 0.307 e. The van der Waals surface area contributed by atoms with Gasteiger partial charge in [-0.3, -0.25) is 4.79 Å². The number of nitriles is 1. The maximum Gasteiger partial charge on any atom is 0.307 e. The second kappa shape index (κ2) is 6.71. The van der Waals surface area contributed by atoms with E-state index in [1.807, 2.05) is 37.3 Å². The maximum absolute atomic E-state index is 11.5. The van der Waals surface area contributed by atoms with E-state index in [0.717, 1.165) is 5.56 Å². The first-order chi connectivity index (χ1) is 10.1. The van der Waals surface area contributed by atoms with Crippen molar-refractivity contribution in [2.45, 2.75) is 32.8 Å². The molecule has 21 heavy (non-hydrogen) atoms. The van der Waals surface area contributed by atoms with Crippen molar-refractivity contribution < 1.29 is 13.9 Å². The van der Waals surface area contributed by atoms with Crippen LogP contribution < -0.4 is 0 Å². The molecule has 0 aliphatic heterocycles. The van der Waals surface area contributed by atoms with Crippen LogP contribution in [0.5, 0.6) is 0 Å². The third kappa shape index (κ3) is 4.18. The Morgan fingerprint density at radius 2 is 2.14 bits per heavy atom. The third-order valence-electron chi connectivity index (χ3n) is 2.92. The lowest BCUT2D eigenvalue weighted by molar-refractivity contribution is -0.145. The number of carbonyl (C=O) groups is 1. The van der Waals surface area contributed by atoms with Crippen molar-refractivity contribution in [1.29, 1.82) is 5.26 Å². The molecule has 0 aliphatic rings. The Bertz CT molecular complexity index is 653. The Balaban J connectivity index is 1.93. The summed E-state index contributed by atoms with van der Waals surface area (Å²) in [6, 6.07) is 9.76. The van der Waals surface area contributed by atoms with Crippen LogP contribution in [-0.2, 0) is 16.0 Å². The van der Waals surface area contributed by atoms with E-state index in [1.54, 1.807) is 6.20 Å². The van der Waals surface area contributed by atoms with Gasteiger partial charge >= 0.3 is 5.97 Å². The van der Waals surface area contributed by atoms with Crippen LogP contribution in [0.4, 0.5) is 0 Å². The lowest BCUT2D eigenvalue weighted by Gasteiger charge is -2.04. The van der Waals surface area contributed by atoms with Crippen molar-refractivity contribution in [3.63, 3.8) is 0 Å². The second-order valence-electron chi connectivity index (χ2n) is 4.75. The van der Waals surface area contributed by atoms with Gasteiger partial charge in [0.25, 0.3) is 0 Å². The van der Waals surface area contributed by atoms with Crippen molar-refractivity contribution in [2.75, 3.05) is 0 Å². The lowest BCUT2D eigenvalue weighted by atomic mass is 10.1. The van der Waals surface area contributed by atoms with Crippen LogP contribution in [0.25, 0.3) is 11.3 Å². The van der Waals surface area contributed by atoms with Crippen LogP contribution in [-0.4, -0.2) is 17.1 Å². The highest BCUT2D eigenvalue weighted by molar-refractivity contribution is 5.70. The average Bonchev–Trinajstić information content (AvgIpc) is 2.94. The van der Waals surface area contributed by atoms with Gasteiger partial charge < -0.3 is 9.15 Å². The molecule has 2 aromatic rings. The van der Waals surface area contributed by atoms with Gasteiger partial charge in [-0.1, -0.05) is 29.8 Å². The summed E-state index contributed by atoms with van der Waals surface area (Å²) in [6.07, 6.45) is 1.40. The van der Waals surface area contributed by atoms with E-state index in [9.17, 15) is 4.79 Å². The van der Waals surface area contributed by atoms with E-state index < -0.39 is 12.1 Å². The van der Waals surface area contributed by atoms with E-state index in [-0.39, 0.29) is 6.42 Å². The maximum atomic E-state index is 11.5. The normalized spacial score (nSPS) is 11.7. The van der Waals surface area contributed by atoms with Gasteiger partial charge in [-0.25, -0.2) is 4.98 Å². The predicted octanol–water partition coefficient (Wildman–Crippen LogP) is 3.04. The number of rotatable bonds is 5.